The first-order chi connectivity index (χ1) is 8.26. The van der Waals surface area contributed by atoms with Gasteiger partial charge in [0.2, 0.25) is 0 Å². The van der Waals surface area contributed by atoms with E-state index in [9.17, 15) is 0 Å². The Bertz CT molecular complexity index is 376. The molecule has 1 saturated heterocycles. The van der Waals surface area contributed by atoms with Gasteiger partial charge in [-0.15, -0.1) is 0 Å². The molecule has 0 bridgehead atoms. The van der Waals surface area contributed by atoms with E-state index in [2.05, 4.69) is 35.1 Å². The Kier molecular flexibility index (Phi) is 4.00. The van der Waals surface area contributed by atoms with Crippen molar-refractivity contribution in [2.24, 2.45) is 0 Å². The largest absolute Gasteiger partial charge is 0.373 e. The molecule has 94 valence electrons. The van der Waals surface area contributed by atoms with Gasteiger partial charge in [0.1, 0.15) is 5.82 Å². The van der Waals surface area contributed by atoms with Crippen LogP contribution in [0.5, 0.6) is 0 Å². The SMILES string of the molecule is CCCN1CCCC1c1cnc(NC)c(C)c1. The number of hydrogen-bond donors (Lipinski definition) is 1. The minimum absolute atomic E-state index is 0.590. The van der Waals surface area contributed by atoms with Crippen molar-refractivity contribution in [2.45, 2.75) is 39.2 Å². The Morgan fingerprint density at radius 1 is 1.53 bits per heavy atom. The second-order valence-corrected chi connectivity index (χ2v) is 4.88. The van der Waals surface area contributed by atoms with Crippen LogP contribution < -0.4 is 5.32 Å². The van der Waals surface area contributed by atoms with Gasteiger partial charge in [0.15, 0.2) is 0 Å². The molecule has 1 aromatic heterocycles. The number of pyridine rings is 1. The van der Waals surface area contributed by atoms with E-state index in [1.807, 2.05) is 13.2 Å². The fraction of sp³-hybridized carbons (Fsp3) is 0.643. The van der Waals surface area contributed by atoms with Gasteiger partial charge < -0.3 is 5.32 Å². The summed E-state index contributed by atoms with van der Waals surface area (Å²) in [7, 11) is 1.92. The van der Waals surface area contributed by atoms with E-state index < -0.39 is 0 Å². The number of nitrogens with one attached hydrogen (secondary N) is 1. The van der Waals surface area contributed by atoms with E-state index in [0.717, 1.165) is 5.82 Å². The summed E-state index contributed by atoms with van der Waals surface area (Å²) in [6, 6.07) is 2.88. The minimum atomic E-state index is 0.590. The maximum Gasteiger partial charge on any atom is 0.128 e. The van der Waals surface area contributed by atoms with Crippen molar-refractivity contribution in [1.29, 1.82) is 0 Å². The normalized spacial score (nSPS) is 20.8. The molecule has 0 spiro atoms. The van der Waals surface area contributed by atoms with Gasteiger partial charge in [-0.25, -0.2) is 4.98 Å². The highest BCUT2D eigenvalue weighted by Crippen LogP contribution is 2.32. The first-order valence-electron chi connectivity index (χ1n) is 6.64. The van der Waals surface area contributed by atoms with Crippen molar-refractivity contribution in [2.75, 3.05) is 25.5 Å². The maximum absolute atomic E-state index is 4.50. The molecule has 3 nitrogen and oxygen atoms in total. The molecule has 1 unspecified atom stereocenters. The summed E-state index contributed by atoms with van der Waals surface area (Å²) in [5.74, 6) is 0.994. The zero-order valence-electron chi connectivity index (χ0n) is 11.2. The average Bonchev–Trinajstić information content (AvgIpc) is 2.78. The molecule has 1 aliphatic rings. The average molecular weight is 233 g/mol. The molecule has 1 N–H and O–H groups in total. The molecule has 0 aliphatic carbocycles. The topological polar surface area (TPSA) is 28.2 Å². The van der Waals surface area contributed by atoms with Crippen molar-refractivity contribution in [3.8, 4) is 0 Å². The summed E-state index contributed by atoms with van der Waals surface area (Å²) >= 11 is 0. The second-order valence-electron chi connectivity index (χ2n) is 4.88. The number of aromatic nitrogens is 1. The van der Waals surface area contributed by atoms with E-state index >= 15 is 0 Å². The molecule has 1 aromatic rings. The van der Waals surface area contributed by atoms with Crippen LogP contribution in [0.25, 0.3) is 0 Å². The molecule has 1 aliphatic heterocycles. The Morgan fingerprint density at radius 2 is 2.35 bits per heavy atom. The fourth-order valence-electron chi connectivity index (χ4n) is 2.80. The third kappa shape index (κ3) is 2.60. The Morgan fingerprint density at radius 3 is 3.00 bits per heavy atom. The maximum atomic E-state index is 4.50. The van der Waals surface area contributed by atoms with Crippen molar-refractivity contribution in [1.82, 2.24) is 9.88 Å². The van der Waals surface area contributed by atoms with Gasteiger partial charge >= 0.3 is 0 Å². The quantitative estimate of drug-likeness (QED) is 0.866. The molecule has 2 rings (SSSR count). The monoisotopic (exact) mass is 233 g/mol. The van der Waals surface area contributed by atoms with Crippen LogP contribution in [-0.4, -0.2) is 30.0 Å². The second kappa shape index (κ2) is 5.50. The highest BCUT2D eigenvalue weighted by molar-refractivity contribution is 5.44. The molecular formula is C14H23N3. The highest BCUT2D eigenvalue weighted by atomic mass is 15.2. The molecule has 0 radical (unpaired) electrons. The highest BCUT2D eigenvalue weighted by Gasteiger charge is 2.25. The van der Waals surface area contributed by atoms with E-state index in [-0.39, 0.29) is 0 Å². The molecule has 0 amide bonds. The molecule has 2 heterocycles. The van der Waals surface area contributed by atoms with Crippen LogP contribution in [0.4, 0.5) is 5.82 Å². The predicted molar refractivity (Wildman–Crippen MR) is 72.4 cm³/mol. The van der Waals surface area contributed by atoms with E-state index in [1.54, 1.807) is 0 Å². The number of rotatable bonds is 4. The van der Waals surface area contributed by atoms with Gasteiger partial charge in [-0.05, 0) is 56.5 Å². The first kappa shape index (κ1) is 12.4. The van der Waals surface area contributed by atoms with Crippen LogP contribution in [0.2, 0.25) is 0 Å². The number of anilines is 1. The summed E-state index contributed by atoms with van der Waals surface area (Å²) in [5, 5.41) is 3.12. The lowest BCUT2D eigenvalue weighted by Gasteiger charge is -2.24. The molecule has 17 heavy (non-hydrogen) atoms. The summed E-state index contributed by atoms with van der Waals surface area (Å²) in [5.41, 5.74) is 2.63. The van der Waals surface area contributed by atoms with Gasteiger partial charge in [0, 0.05) is 19.3 Å². The summed E-state index contributed by atoms with van der Waals surface area (Å²) in [4.78, 5) is 7.09. The van der Waals surface area contributed by atoms with Gasteiger partial charge in [-0.1, -0.05) is 6.92 Å². The third-order valence-electron chi connectivity index (χ3n) is 3.60. The summed E-state index contributed by atoms with van der Waals surface area (Å²) < 4.78 is 0. The van der Waals surface area contributed by atoms with Crippen molar-refractivity contribution in [3.05, 3.63) is 23.4 Å². The van der Waals surface area contributed by atoms with Crippen LogP contribution in [0.15, 0.2) is 12.3 Å². The zero-order chi connectivity index (χ0) is 12.3. The first-order valence-corrected chi connectivity index (χ1v) is 6.64. The molecule has 1 atom stereocenters. The van der Waals surface area contributed by atoms with Crippen LogP contribution in [0.1, 0.15) is 43.4 Å². The molecule has 1 fully saturated rings. The van der Waals surface area contributed by atoms with Gasteiger partial charge in [-0.3, -0.25) is 4.90 Å². The smallest absolute Gasteiger partial charge is 0.128 e. The molecule has 0 aromatic carbocycles. The minimum Gasteiger partial charge on any atom is -0.373 e. The standard InChI is InChI=1S/C14H23N3/c1-4-7-17-8-5-6-13(17)12-9-11(2)14(15-3)16-10-12/h9-10,13H,4-8H2,1-3H3,(H,15,16). The van der Waals surface area contributed by atoms with E-state index in [4.69, 9.17) is 0 Å². The Labute approximate surface area is 104 Å². The number of aryl methyl sites for hydroxylation is 1. The number of hydrogen-bond acceptors (Lipinski definition) is 3. The number of likely N-dealkylation sites (tertiary alicyclic amines) is 1. The van der Waals surface area contributed by atoms with Crippen LogP contribution >= 0.6 is 0 Å². The van der Waals surface area contributed by atoms with Crippen molar-refractivity contribution < 1.29 is 0 Å². The van der Waals surface area contributed by atoms with Crippen LogP contribution in [0, 0.1) is 6.92 Å². The van der Waals surface area contributed by atoms with Gasteiger partial charge in [0.25, 0.3) is 0 Å². The summed E-state index contributed by atoms with van der Waals surface area (Å²) in [6.45, 7) is 6.83. The third-order valence-corrected chi connectivity index (χ3v) is 3.60. The van der Waals surface area contributed by atoms with Crippen LogP contribution in [-0.2, 0) is 0 Å². The lowest BCUT2D eigenvalue weighted by atomic mass is 10.0. The fourth-order valence-corrected chi connectivity index (χ4v) is 2.80. The van der Waals surface area contributed by atoms with Crippen molar-refractivity contribution in [3.63, 3.8) is 0 Å². The van der Waals surface area contributed by atoms with E-state index in [0.29, 0.717) is 6.04 Å². The molecule has 3 heteroatoms. The predicted octanol–water partition coefficient (Wildman–Crippen LogP) is 2.98. The zero-order valence-corrected chi connectivity index (χ0v) is 11.2. The van der Waals surface area contributed by atoms with Crippen LogP contribution in [0.3, 0.4) is 0 Å². The number of nitrogens with zero attached hydrogens (tertiary/aromatic N) is 2. The molecular weight excluding hydrogens is 210 g/mol. The lowest BCUT2D eigenvalue weighted by molar-refractivity contribution is 0.257. The van der Waals surface area contributed by atoms with E-state index in [1.165, 1.54) is 43.5 Å². The Hall–Kier alpha value is -1.09. The van der Waals surface area contributed by atoms with Gasteiger partial charge in [0.05, 0.1) is 0 Å². The summed E-state index contributed by atoms with van der Waals surface area (Å²) in [6.07, 6.45) is 5.87. The molecule has 0 saturated carbocycles. The Balaban J connectivity index is 2.18. The lowest BCUT2D eigenvalue weighted by Crippen LogP contribution is -2.24. The van der Waals surface area contributed by atoms with Gasteiger partial charge in [-0.2, -0.15) is 0 Å². The van der Waals surface area contributed by atoms with Crippen molar-refractivity contribution >= 4 is 5.82 Å².